The molecule has 0 aromatic heterocycles. The van der Waals surface area contributed by atoms with Crippen LogP contribution in [0.2, 0.25) is 0 Å². The summed E-state index contributed by atoms with van der Waals surface area (Å²) in [5, 5.41) is 3.18. The van der Waals surface area contributed by atoms with Crippen LogP contribution in [0.25, 0.3) is 0 Å². The zero-order valence-electron chi connectivity index (χ0n) is 9.55. The number of hydrogen-bond acceptors (Lipinski definition) is 3. The largest absolute Gasteiger partial charge is 0.370 e. The minimum absolute atomic E-state index is 0.239. The molecule has 0 aliphatic heterocycles. The lowest BCUT2D eigenvalue weighted by molar-refractivity contribution is -0.117. The molecule has 14 heavy (non-hydrogen) atoms. The molecule has 0 heterocycles. The molecule has 0 saturated heterocycles. The van der Waals surface area contributed by atoms with Gasteiger partial charge in [0.05, 0.1) is 0 Å². The highest BCUT2D eigenvalue weighted by Crippen LogP contribution is 1.93. The van der Waals surface area contributed by atoms with Gasteiger partial charge >= 0.3 is 0 Å². The molecule has 0 bridgehead atoms. The molecule has 0 fully saturated rings. The lowest BCUT2D eigenvalue weighted by atomic mass is 10.3. The molecule has 0 aliphatic carbocycles. The monoisotopic (exact) mass is 201 g/mol. The van der Waals surface area contributed by atoms with Gasteiger partial charge in [-0.15, -0.1) is 0 Å². The van der Waals surface area contributed by atoms with Crippen LogP contribution in [0, 0.1) is 0 Å². The van der Waals surface area contributed by atoms with Gasteiger partial charge in [0.25, 0.3) is 0 Å². The minimum atomic E-state index is -0.239. The summed E-state index contributed by atoms with van der Waals surface area (Å²) in [5.41, 5.74) is 5.01. The molecule has 0 saturated carbocycles. The van der Waals surface area contributed by atoms with Crippen LogP contribution in [0.4, 0.5) is 0 Å². The van der Waals surface area contributed by atoms with Crippen LogP contribution in [-0.4, -0.2) is 43.5 Å². The smallest absolute Gasteiger partial charge is 0.218 e. The number of amides is 1. The van der Waals surface area contributed by atoms with Gasteiger partial charge in [0.15, 0.2) is 0 Å². The average molecular weight is 201 g/mol. The molecular weight excluding hydrogens is 178 g/mol. The number of rotatable bonds is 8. The third kappa shape index (κ3) is 8.01. The number of nitrogens with two attached hydrogens (primary N) is 1. The summed E-state index contributed by atoms with van der Waals surface area (Å²) in [6.07, 6.45) is 1.54. The van der Waals surface area contributed by atoms with Crippen LogP contribution in [0.1, 0.15) is 26.7 Å². The van der Waals surface area contributed by atoms with Crippen LogP contribution in [0.15, 0.2) is 0 Å². The van der Waals surface area contributed by atoms with Crippen molar-refractivity contribution in [2.75, 3.05) is 26.7 Å². The first-order valence-corrected chi connectivity index (χ1v) is 5.23. The van der Waals surface area contributed by atoms with E-state index in [0.717, 1.165) is 19.5 Å². The lowest BCUT2D eigenvalue weighted by Crippen LogP contribution is -2.30. The first-order chi connectivity index (χ1) is 6.54. The number of nitrogens with zero attached hydrogens (tertiary/aromatic N) is 1. The maximum Gasteiger partial charge on any atom is 0.218 e. The summed E-state index contributed by atoms with van der Waals surface area (Å²) in [6.45, 7) is 7.09. The van der Waals surface area contributed by atoms with E-state index < -0.39 is 0 Å². The summed E-state index contributed by atoms with van der Waals surface area (Å²) in [6, 6.07) is 0.598. The molecular formula is C10H23N3O. The number of primary amides is 1. The number of nitrogens with one attached hydrogen (secondary N) is 1. The van der Waals surface area contributed by atoms with Crippen molar-refractivity contribution in [3.8, 4) is 0 Å². The average Bonchev–Trinajstić information content (AvgIpc) is 2.09. The Kier molecular flexibility index (Phi) is 7.42. The fourth-order valence-electron chi connectivity index (χ4n) is 1.05. The second-order valence-corrected chi connectivity index (χ2v) is 3.89. The zero-order chi connectivity index (χ0) is 11.0. The lowest BCUT2D eigenvalue weighted by Gasteiger charge is -2.20. The van der Waals surface area contributed by atoms with Gasteiger partial charge in [-0.1, -0.05) is 0 Å². The van der Waals surface area contributed by atoms with E-state index in [4.69, 9.17) is 5.73 Å². The number of carbonyl (C=O) groups is 1. The van der Waals surface area contributed by atoms with E-state index in [1.807, 2.05) is 0 Å². The fourth-order valence-corrected chi connectivity index (χ4v) is 1.05. The summed E-state index contributed by atoms with van der Waals surface area (Å²) < 4.78 is 0. The van der Waals surface area contributed by atoms with E-state index in [-0.39, 0.29) is 5.91 Å². The standard InChI is InChI=1S/C10H23N3O/c1-9(2)13(3)8-4-6-12-7-5-10(11)14/h9,12H,4-8H2,1-3H3,(H2,11,14). The van der Waals surface area contributed by atoms with E-state index in [9.17, 15) is 4.79 Å². The normalized spacial score (nSPS) is 11.2. The van der Waals surface area contributed by atoms with E-state index in [1.54, 1.807) is 0 Å². The topological polar surface area (TPSA) is 58.4 Å². The van der Waals surface area contributed by atoms with Crippen LogP contribution < -0.4 is 11.1 Å². The van der Waals surface area contributed by atoms with Crippen molar-refractivity contribution in [1.82, 2.24) is 10.2 Å². The van der Waals surface area contributed by atoms with E-state index >= 15 is 0 Å². The number of hydrogen-bond donors (Lipinski definition) is 2. The Morgan fingerprint density at radius 1 is 1.43 bits per heavy atom. The van der Waals surface area contributed by atoms with Crippen LogP contribution >= 0.6 is 0 Å². The third-order valence-corrected chi connectivity index (χ3v) is 2.29. The van der Waals surface area contributed by atoms with Gasteiger partial charge in [0.2, 0.25) is 5.91 Å². The molecule has 1 amide bonds. The second-order valence-electron chi connectivity index (χ2n) is 3.89. The molecule has 0 spiro atoms. The predicted molar refractivity (Wildman–Crippen MR) is 59.1 cm³/mol. The molecule has 4 heteroatoms. The van der Waals surface area contributed by atoms with Gasteiger partial charge in [0.1, 0.15) is 0 Å². The van der Waals surface area contributed by atoms with E-state index in [1.165, 1.54) is 0 Å². The summed E-state index contributed by atoms with van der Waals surface area (Å²) in [5.74, 6) is -0.239. The Balaban J connectivity index is 3.17. The van der Waals surface area contributed by atoms with Crippen molar-refractivity contribution in [3.63, 3.8) is 0 Å². The van der Waals surface area contributed by atoms with Crippen molar-refractivity contribution >= 4 is 5.91 Å². The van der Waals surface area contributed by atoms with Gasteiger partial charge < -0.3 is 16.0 Å². The highest BCUT2D eigenvalue weighted by Gasteiger charge is 2.01. The maximum absolute atomic E-state index is 10.4. The van der Waals surface area contributed by atoms with E-state index in [0.29, 0.717) is 19.0 Å². The Morgan fingerprint density at radius 3 is 2.57 bits per heavy atom. The van der Waals surface area contributed by atoms with Crippen LogP contribution in [-0.2, 0) is 4.79 Å². The predicted octanol–water partition coefficient (Wildman–Crippen LogP) is 0.182. The van der Waals surface area contributed by atoms with Gasteiger partial charge in [-0.05, 0) is 40.4 Å². The molecule has 84 valence electrons. The third-order valence-electron chi connectivity index (χ3n) is 2.29. The van der Waals surface area contributed by atoms with Gasteiger partial charge in [-0.2, -0.15) is 0 Å². The quantitative estimate of drug-likeness (QED) is 0.551. The van der Waals surface area contributed by atoms with Crippen molar-refractivity contribution in [3.05, 3.63) is 0 Å². The summed E-state index contributed by atoms with van der Waals surface area (Å²) >= 11 is 0. The van der Waals surface area contributed by atoms with Crippen LogP contribution in [0.5, 0.6) is 0 Å². The molecule has 0 aromatic rings. The molecule has 0 aliphatic rings. The van der Waals surface area contributed by atoms with Gasteiger partial charge in [-0.3, -0.25) is 4.79 Å². The fraction of sp³-hybridized carbons (Fsp3) is 0.900. The summed E-state index contributed by atoms with van der Waals surface area (Å²) in [7, 11) is 2.12. The van der Waals surface area contributed by atoms with Gasteiger partial charge in [-0.25, -0.2) is 0 Å². The Labute approximate surface area is 86.8 Å². The second kappa shape index (κ2) is 7.76. The van der Waals surface area contributed by atoms with E-state index in [2.05, 4.69) is 31.1 Å². The van der Waals surface area contributed by atoms with Crippen molar-refractivity contribution < 1.29 is 4.79 Å². The highest BCUT2D eigenvalue weighted by atomic mass is 16.1. The molecule has 0 radical (unpaired) electrons. The molecule has 0 rings (SSSR count). The molecule has 0 atom stereocenters. The molecule has 0 unspecified atom stereocenters. The summed E-state index contributed by atoms with van der Waals surface area (Å²) in [4.78, 5) is 12.7. The number of carbonyl (C=O) groups excluding carboxylic acids is 1. The molecule has 0 aromatic carbocycles. The highest BCUT2D eigenvalue weighted by molar-refractivity contribution is 5.73. The first kappa shape index (κ1) is 13.4. The van der Waals surface area contributed by atoms with Crippen LogP contribution in [0.3, 0.4) is 0 Å². The Bertz CT molecular complexity index is 159. The zero-order valence-corrected chi connectivity index (χ0v) is 9.55. The van der Waals surface area contributed by atoms with Crippen molar-refractivity contribution in [2.45, 2.75) is 32.7 Å². The first-order valence-electron chi connectivity index (χ1n) is 5.23. The van der Waals surface area contributed by atoms with Crippen molar-refractivity contribution in [2.24, 2.45) is 5.73 Å². The Morgan fingerprint density at radius 2 is 2.07 bits per heavy atom. The van der Waals surface area contributed by atoms with Gasteiger partial charge in [0, 0.05) is 19.0 Å². The Hall–Kier alpha value is -0.610. The SMILES string of the molecule is CC(C)N(C)CCCNCCC(N)=O. The molecule has 3 N–H and O–H groups in total. The van der Waals surface area contributed by atoms with Crippen molar-refractivity contribution in [1.29, 1.82) is 0 Å². The molecule has 4 nitrogen and oxygen atoms in total. The minimum Gasteiger partial charge on any atom is -0.370 e. The maximum atomic E-state index is 10.4.